The molecule has 0 aliphatic carbocycles. The minimum absolute atomic E-state index is 0.628. The summed E-state index contributed by atoms with van der Waals surface area (Å²) in [6.07, 6.45) is 10.2. The summed E-state index contributed by atoms with van der Waals surface area (Å²) >= 11 is 0. The molecule has 0 aromatic carbocycles. The van der Waals surface area contributed by atoms with Gasteiger partial charge >= 0.3 is 0 Å². The molecule has 0 spiro atoms. The van der Waals surface area contributed by atoms with E-state index in [0.717, 1.165) is 0 Å². The first-order chi connectivity index (χ1) is 7.74. The van der Waals surface area contributed by atoms with Gasteiger partial charge in [-0.25, -0.2) is 0 Å². The standard InChI is InChI=1S/C15H31N/c1-5-8-10-12-16(13-11-9-6-2)14-15(4)7-3/h7,15H,3,5-6,8-14H2,1-2,4H3. The second kappa shape index (κ2) is 11.2. The topological polar surface area (TPSA) is 3.24 Å². The monoisotopic (exact) mass is 225 g/mol. The van der Waals surface area contributed by atoms with Crippen molar-refractivity contribution in [1.29, 1.82) is 0 Å². The second-order valence-electron chi connectivity index (χ2n) is 4.93. The van der Waals surface area contributed by atoms with E-state index in [1.807, 2.05) is 0 Å². The van der Waals surface area contributed by atoms with E-state index in [1.54, 1.807) is 0 Å². The minimum Gasteiger partial charge on any atom is -0.303 e. The van der Waals surface area contributed by atoms with E-state index < -0.39 is 0 Å². The summed E-state index contributed by atoms with van der Waals surface area (Å²) in [6, 6.07) is 0. The highest BCUT2D eigenvalue weighted by molar-refractivity contribution is 4.78. The molecule has 0 aromatic heterocycles. The Morgan fingerprint density at radius 3 is 1.88 bits per heavy atom. The maximum absolute atomic E-state index is 3.88. The lowest BCUT2D eigenvalue weighted by Gasteiger charge is -2.24. The number of nitrogens with zero attached hydrogens (tertiary/aromatic N) is 1. The molecule has 96 valence electrons. The van der Waals surface area contributed by atoms with Crippen molar-refractivity contribution in [2.75, 3.05) is 19.6 Å². The third-order valence-corrected chi connectivity index (χ3v) is 3.10. The fourth-order valence-corrected chi connectivity index (χ4v) is 1.95. The first-order valence-electron chi connectivity index (χ1n) is 7.09. The zero-order valence-electron chi connectivity index (χ0n) is 11.7. The fraction of sp³-hybridized carbons (Fsp3) is 0.867. The van der Waals surface area contributed by atoms with Crippen LogP contribution in [0.3, 0.4) is 0 Å². The largest absolute Gasteiger partial charge is 0.303 e. The van der Waals surface area contributed by atoms with Gasteiger partial charge in [0.05, 0.1) is 0 Å². The van der Waals surface area contributed by atoms with Crippen molar-refractivity contribution in [1.82, 2.24) is 4.90 Å². The Bertz CT molecular complexity index is 144. The first-order valence-corrected chi connectivity index (χ1v) is 7.09. The lowest BCUT2D eigenvalue weighted by atomic mass is 10.1. The Hall–Kier alpha value is -0.300. The summed E-state index contributed by atoms with van der Waals surface area (Å²) in [5.41, 5.74) is 0. The van der Waals surface area contributed by atoms with Crippen LogP contribution >= 0.6 is 0 Å². The van der Waals surface area contributed by atoms with Crippen molar-refractivity contribution in [3.05, 3.63) is 12.7 Å². The van der Waals surface area contributed by atoms with Crippen LogP contribution in [0.1, 0.15) is 59.3 Å². The maximum Gasteiger partial charge on any atom is 0.00416 e. The fourth-order valence-electron chi connectivity index (χ4n) is 1.95. The molecule has 0 saturated carbocycles. The van der Waals surface area contributed by atoms with Crippen LogP contribution in [0.2, 0.25) is 0 Å². The number of rotatable bonds is 11. The molecule has 0 N–H and O–H groups in total. The molecule has 1 unspecified atom stereocenters. The molecule has 1 atom stereocenters. The highest BCUT2D eigenvalue weighted by atomic mass is 15.1. The molecule has 1 heteroatoms. The third kappa shape index (κ3) is 8.96. The van der Waals surface area contributed by atoms with Crippen molar-refractivity contribution in [3.8, 4) is 0 Å². The van der Waals surface area contributed by atoms with E-state index in [2.05, 4.69) is 38.3 Å². The van der Waals surface area contributed by atoms with Gasteiger partial charge in [0.25, 0.3) is 0 Å². The van der Waals surface area contributed by atoms with Crippen LogP contribution in [-0.4, -0.2) is 24.5 Å². The summed E-state index contributed by atoms with van der Waals surface area (Å²) in [6.45, 7) is 14.4. The molecule has 0 aliphatic rings. The van der Waals surface area contributed by atoms with Crippen LogP contribution in [0.15, 0.2) is 12.7 Å². The summed E-state index contributed by atoms with van der Waals surface area (Å²) in [7, 11) is 0. The van der Waals surface area contributed by atoms with Gasteiger partial charge in [0.15, 0.2) is 0 Å². The lowest BCUT2D eigenvalue weighted by Crippen LogP contribution is -2.30. The number of hydrogen-bond donors (Lipinski definition) is 0. The Morgan fingerprint density at radius 2 is 1.50 bits per heavy atom. The van der Waals surface area contributed by atoms with Gasteiger partial charge in [0, 0.05) is 6.54 Å². The van der Waals surface area contributed by atoms with Crippen molar-refractivity contribution >= 4 is 0 Å². The van der Waals surface area contributed by atoms with Gasteiger partial charge in [-0.2, -0.15) is 0 Å². The molecule has 0 saturated heterocycles. The van der Waals surface area contributed by atoms with E-state index >= 15 is 0 Å². The Morgan fingerprint density at radius 1 is 1.00 bits per heavy atom. The minimum atomic E-state index is 0.628. The molecule has 1 nitrogen and oxygen atoms in total. The Kier molecular flexibility index (Phi) is 11.0. The van der Waals surface area contributed by atoms with Gasteiger partial charge in [0.1, 0.15) is 0 Å². The van der Waals surface area contributed by atoms with E-state index in [4.69, 9.17) is 0 Å². The molecule has 0 fully saturated rings. The summed E-state index contributed by atoms with van der Waals surface area (Å²) in [4.78, 5) is 2.62. The zero-order chi connectivity index (χ0) is 12.2. The van der Waals surface area contributed by atoms with Gasteiger partial charge in [-0.05, 0) is 31.8 Å². The molecule has 0 aliphatic heterocycles. The Balaban J connectivity index is 3.79. The first kappa shape index (κ1) is 15.7. The molecule has 0 heterocycles. The van der Waals surface area contributed by atoms with Crippen LogP contribution in [0.5, 0.6) is 0 Å². The lowest BCUT2D eigenvalue weighted by molar-refractivity contribution is 0.243. The van der Waals surface area contributed by atoms with E-state index in [1.165, 1.54) is 58.2 Å². The maximum atomic E-state index is 3.88. The van der Waals surface area contributed by atoms with Gasteiger partial charge in [-0.15, -0.1) is 6.58 Å². The number of hydrogen-bond acceptors (Lipinski definition) is 1. The van der Waals surface area contributed by atoms with Gasteiger partial charge in [-0.3, -0.25) is 0 Å². The average Bonchev–Trinajstić information content (AvgIpc) is 2.29. The quantitative estimate of drug-likeness (QED) is 0.370. The second-order valence-corrected chi connectivity index (χ2v) is 4.93. The van der Waals surface area contributed by atoms with Crippen molar-refractivity contribution < 1.29 is 0 Å². The van der Waals surface area contributed by atoms with Crippen LogP contribution in [-0.2, 0) is 0 Å². The highest BCUT2D eigenvalue weighted by Gasteiger charge is 2.07. The zero-order valence-corrected chi connectivity index (χ0v) is 11.7. The van der Waals surface area contributed by atoms with Gasteiger partial charge in [-0.1, -0.05) is 52.5 Å². The van der Waals surface area contributed by atoms with E-state index in [9.17, 15) is 0 Å². The van der Waals surface area contributed by atoms with Gasteiger partial charge < -0.3 is 4.90 Å². The molecule has 0 rings (SSSR count). The normalized spacial score (nSPS) is 13.0. The summed E-state index contributed by atoms with van der Waals surface area (Å²) in [5, 5.41) is 0. The third-order valence-electron chi connectivity index (χ3n) is 3.10. The van der Waals surface area contributed by atoms with Crippen LogP contribution in [0.25, 0.3) is 0 Å². The average molecular weight is 225 g/mol. The van der Waals surface area contributed by atoms with Crippen LogP contribution < -0.4 is 0 Å². The molecular weight excluding hydrogens is 194 g/mol. The molecule has 16 heavy (non-hydrogen) atoms. The van der Waals surface area contributed by atoms with Crippen molar-refractivity contribution in [2.24, 2.45) is 5.92 Å². The van der Waals surface area contributed by atoms with E-state index in [-0.39, 0.29) is 0 Å². The van der Waals surface area contributed by atoms with Crippen molar-refractivity contribution in [3.63, 3.8) is 0 Å². The molecule has 0 radical (unpaired) electrons. The molecule has 0 bridgehead atoms. The van der Waals surface area contributed by atoms with Gasteiger partial charge in [0.2, 0.25) is 0 Å². The van der Waals surface area contributed by atoms with E-state index in [0.29, 0.717) is 5.92 Å². The SMILES string of the molecule is C=CC(C)CN(CCCCC)CCCCC. The predicted octanol–water partition coefficient (Wildman–Crippen LogP) is 4.49. The summed E-state index contributed by atoms with van der Waals surface area (Å²) in [5.74, 6) is 0.628. The summed E-state index contributed by atoms with van der Waals surface area (Å²) < 4.78 is 0. The van der Waals surface area contributed by atoms with Crippen LogP contribution in [0.4, 0.5) is 0 Å². The number of unbranched alkanes of at least 4 members (excludes halogenated alkanes) is 4. The molecular formula is C15H31N. The molecule has 0 amide bonds. The van der Waals surface area contributed by atoms with Crippen molar-refractivity contribution in [2.45, 2.75) is 59.3 Å². The van der Waals surface area contributed by atoms with Crippen LogP contribution in [0, 0.1) is 5.92 Å². The highest BCUT2D eigenvalue weighted by Crippen LogP contribution is 2.06. The smallest absolute Gasteiger partial charge is 0.00416 e. The Labute approximate surface area is 103 Å². The predicted molar refractivity (Wildman–Crippen MR) is 74.9 cm³/mol. The molecule has 0 aromatic rings.